The van der Waals surface area contributed by atoms with E-state index in [1.54, 1.807) is 0 Å². The van der Waals surface area contributed by atoms with Crippen LogP contribution in [0.4, 0.5) is 8.78 Å². The number of para-hydroxylation sites is 1. The number of benzene rings is 2. The smallest absolute Gasteiger partial charge is 0.159 e. The summed E-state index contributed by atoms with van der Waals surface area (Å²) < 4.78 is 33.0. The summed E-state index contributed by atoms with van der Waals surface area (Å²) in [5, 5.41) is 21.4. The Morgan fingerprint density at radius 1 is 1.17 bits per heavy atom. The second kappa shape index (κ2) is 8.04. The highest BCUT2D eigenvalue weighted by Gasteiger charge is 2.50. The first-order chi connectivity index (χ1) is 13.9. The molecule has 2 unspecified atom stereocenters. The number of fused-ring (bicyclic) bond motifs is 3. The van der Waals surface area contributed by atoms with Crippen molar-refractivity contribution >= 4 is 0 Å². The number of aliphatic hydroxyl groups is 2. The molecule has 29 heavy (non-hydrogen) atoms. The van der Waals surface area contributed by atoms with Crippen LogP contribution in [0.5, 0.6) is 5.75 Å². The molecule has 2 aromatic carbocycles. The van der Waals surface area contributed by atoms with Gasteiger partial charge in [-0.15, -0.1) is 0 Å². The number of ether oxygens (including phenoxy) is 1. The first kappa shape index (κ1) is 20.3. The van der Waals surface area contributed by atoms with Gasteiger partial charge in [0, 0.05) is 17.9 Å². The molecule has 2 aliphatic rings. The molecule has 0 saturated heterocycles. The largest absolute Gasteiger partial charge is 0.489 e. The normalized spacial score (nSPS) is 27.2. The van der Waals surface area contributed by atoms with Crippen LogP contribution in [0.2, 0.25) is 0 Å². The lowest BCUT2D eigenvalue weighted by Crippen LogP contribution is -2.23. The van der Waals surface area contributed by atoms with Gasteiger partial charge >= 0.3 is 0 Å². The van der Waals surface area contributed by atoms with Gasteiger partial charge in [0.1, 0.15) is 11.9 Å². The molecule has 2 N–H and O–H groups in total. The molecular formula is C24H28F2O3. The minimum absolute atomic E-state index is 0.0457. The Balaban J connectivity index is 1.55. The van der Waals surface area contributed by atoms with Crippen LogP contribution >= 0.6 is 0 Å². The molecule has 0 radical (unpaired) electrons. The van der Waals surface area contributed by atoms with Crippen molar-refractivity contribution in [3.63, 3.8) is 0 Å². The van der Waals surface area contributed by atoms with Gasteiger partial charge in [-0.25, -0.2) is 8.78 Å². The molecule has 1 heterocycles. The predicted octanol–water partition coefficient (Wildman–Crippen LogP) is 4.90. The third kappa shape index (κ3) is 3.66. The van der Waals surface area contributed by atoms with Crippen molar-refractivity contribution in [1.82, 2.24) is 0 Å². The first-order valence-corrected chi connectivity index (χ1v) is 10.5. The lowest BCUT2D eigenvalue weighted by Gasteiger charge is -2.27. The van der Waals surface area contributed by atoms with Gasteiger partial charge in [-0.3, -0.25) is 0 Å². The number of hydrogen-bond acceptors (Lipinski definition) is 3. The Kier molecular flexibility index (Phi) is 5.63. The Bertz CT molecular complexity index is 884. The zero-order chi connectivity index (χ0) is 20.7. The summed E-state index contributed by atoms with van der Waals surface area (Å²) in [6.07, 6.45) is 1.67. The van der Waals surface area contributed by atoms with Crippen molar-refractivity contribution in [2.75, 3.05) is 0 Å². The minimum atomic E-state index is -0.962. The van der Waals surface area contributed by atoms with E-state index < -0.39 is 23.8 Å². The van der Waals surface area contributed by atoms with Crippen LogP contribution in [0.1, 0.15) is 61.8 Å². The Labute approximate surface area is 170 Å². The van der Waals surface area contributed by atoms with Crippen molar-refractivity contribution in [3.05, 3.63) is 64.7 Å². The van der Waals surface area contributed by atoms with Gasteiger partial charge in [0.25, 0.3) is 0 Å². The van der Waals surface area contributed by atoms with Gasteiger partial charge < -0.3 is 14.9 Å². The van der Waals surface area contributed by atoms with E-state index in [4.69, 9.17) is 4.74 Å². The second-order valence-electron chi connectivity index (χ2n) is 8.57. The van der Waals surface area contributed by atoms with E-state index in [0.717, 1.165) is 36.3 Å². The Morgan fingerprint density at radius 2 is 1.97 bits per heavy atom. The molecule has 0 bridgehead atoms. The highest BCUT2D eigenvalue weighted by molar-refractivity contribution is 5.49. The lowest BCUT2D eigenvalue weighted by atomic mass is 9.79. The molecular weight excluding hydrogens is 374 g/mol. The summed E-state index contributed by atoms with van der Waals surface area (Å²) in [6.45, 7) is 4.03. The third-order valence-corrected chi connectivity index (χ3v) is 6.57. The highest BCUT2D eigenvalue weighted by atomic mass is 19.2. The molecule has 1 fully saturated rings. The summed E-state index contributed by atoms with van der Waals surface area (Å²) in [5.74, 6) is -1.10. The van der Waals surface area contributed by atoms with Crippen molar-refractivity contribution < 1.29 is 23.7 Å². The molecule has 0 spiro atoms. The molecule has 4 rings (SSSR count). The maximum absolute atomic E-state index is 13.6. The van der Waals surface area contributed by atoms with Crippen LogP contribution in [0, 0.1) is 23.5 Å². The third-order valence-electron chi connectivity index (χ3n) is 6.57. The number of hydrogen-bond donors (Lipinski definition) is 2. The van der Waals surface area contributed by atoms with Crippen LogP contribution in [0.25, 0.3) is 0 Å². The van der Waals surface area contributed by atoms with Gasteiger partial charge in [-0.1, -0.05) is 44.5 Å². The molecule has 1 aliphatic heterocycles. The summed E-state index contributed by atoms with van der Waals surface area (Å²) in [4.78, 5) is 0. The number of aliphatic hydroxyl groups excluding tert-OH is 2. The molecule has 156 valence electrons. The van der Waals surface area contributed by atoms with Crippen molar-refractivity contribution in [1.29, 1.82) is 0 Å². The van der Waals surface area contributed by atoms with Crippen molar-refractivity contribution in [2.45, 2.75) is 63.8 Å². The summed E-state index contributed by atoms with van der Waals surface area (Å²) in [7, 11) is 0. The predicted molar refractivity (Wildman–Crippen MR) is 107 cm³/mol. The van der Waals surface area contributed by atoms with E-state index in [0.29, 0.717) is 18.4 Å². The van der Waals surface area contributed by atoms with Gasteiger partial charge in [0.2, 0.25) is 0 Å². The van der Waals surface area contributed by atoms with E-state index in [-0.39, 0.29) is 23.9 Å². The van der Waals surface area contributed by atoms with Crippen molar-refractivity contribution in [3.8, 4) is 5.75 Å². The fourth-order valence-electron chi connectivity index (χ4n) is 5.14. The summed E-state index contributed by atoms with van der Waals surface area (Å²) in [5.41, 5.74) is 2.72. The molecule has 1 aliphatic carbocycles. The quantitative estimate of drug-likeness (QED) is 0.722. The zero-order valence-corrected chi connectivity index (χ0v) is 16.8. The Morgan fingerprint density at radius 3 is 2.69 bits per heavy atom. The van der Waals surface area contributed by atoms with Crippen LogP contribution < -0.4 is 4.74 Å². The molecule has 6 atom stereocenters. The fraction of sp³-hybridized carbons (Fsp3) is 0.500. The standard InChI is InChI=1S/C24H28F2O3/c1-3-5-14-6-4-7-16-22-17(20(27)12-21(22)29-24(14)16)10-13(2)23(28)15-8-9-18(25)19(26)11-15/h4,6-9,11,13,17,20-23,27-28H,3,5,10,12H2,1-2H3/t13?,17?,20-,21+,22+,23-/m1/s1. The average Bonchev–Trinajstić information content (AvgIpc) is 3.20. The van der Waals surface area contributed by atoms with E-state index in [2.05, 4.69) is 25.1 Å². The average molecular weight is 402 g/mol. The van der Waals surface area contributed by atoms with Crippen LogP contribution in [0.15, 0.2) is 36.4 Å². The maximum atomic E-state index is 13.6. The maximum Gasteiger partial charge on any atom is 0.159 e. The fourth-order valence-corrected chi connectivity index (χ4v) is 5.14. The molecule has 3 nitrogen and oxygen atoms in total. The van der Waals surface area contributed by atoms with Crippen molar-refractivity contribution in [2.24, 2.45) is 11.8 Å². The van der Waals surface area contributed by atoms with Gasteiger partial charge in [0.05, 0.1) is 12.2 Å². The van der Waals surface area contributed by atoms with Crippen LogP contribution in [-0.2, 0) is 6.42 Å². The molecule has 2 aromatic rings. The van der Waals surface area contributed by atoms with E-state index >= 15 is 0 Å². The number of aryl methyl sites for hydroxylation is 1. The highest BCUT2D eigenvalue weighted by Crippen LogP contribution is 2.53. The van der Waals surface area contributed by atoms with Crippen LogP contribution in [-0.4, -0.2) is 22.4 Å². The monoisotopic (exact) mass is 402 g/mol. The lowest BCUT2D eigenvalue weighted by molar-refractivity contribution is 0.0663. The van der Waals surface area contributed by atoms with E-state index in [1.807, 2.05) is 6.92 Å². The van der Waals surface area contributed by atoms with Crippen LogP contribution in [0.3, 0.4) is 0 Å². The SMILES string of the molecule is CCCc1cccc2c1O[C@H]1C[C@@H](O)C(CC(C)[C@@H](O)c3ccc(F)c(F)c3)[C@H]21. The molecule has 1 saturated carbocycles. The van der Waals surface area contributed by atoms with Gasteiger partial charge in [0.15, 0.2) is 11.6 Å². The van der Waals surface area contributed by atoms with Gasteiger partial charge in [-0.2, -0.15) is 0 Å². The minimum Gasteiger partial charge on any atom is -0.489 e. The zero-order valence-electron chi connectivity index (χ0n) is 16.8. The van der Waals surface area contributed by atoms with E-state index in [9.17, 15) is 19.0 Å². The second-order valence-corrected chi connectivity index (χ2v) is 8.57. The summed E-state index contributed by atoms with van der Waals surface area (Å²) >= 11 is 0. The number of halogens is 2. The molecule has 0 amide bonds. The molecule has 0 aromatic heterocycles. The number of rotatable bonds is 6. The Hall–Kier alpha value is -1.98. The van der Waals surface area contributed by atoms with Gasteiger partial charge in [-0.05, 0) is 47.9 Å². The van der Waals surface area contributed by atoms with E-state index in [1.165, 1.54) is 11.6 Å². The molecule has 5 heteroatoms. The topological polar surface area (TPSA) is 49.7 Å². The summed E-state index contributed by atoms with van der Waals surface area (Å²) in [6, 6.07) is 9.74. The first-order valence-electron chi connectivity index (χ1n) is 10.5.